The molecule has 0 aromatic heterocycles. The first-order chi connectivity index (χ1) is 13.4. The average molecular weight is 410 g/mol. The number of carbonyl (C=O) groups is 2. The second kappa shape index (κ2) is 8.78. The fraction of sp³-hybridized carbons (Fsp3) is 0.556. The van der Waals surface area contributed by atoms with Crippen molar-refractivity contribution in [1.82, 2.24) is 14.5 Å². The first kappa shape index (κ1) is 20.4. The number of benzene rings is 1. The number of nitrogens with one attached hydrogen (secondary N) is 2. The highest BCUT2D eigenvalue weighted by Crippen LogP contribution is 2.29. The summed E-state index contributed by atoms with van der Waals surface area (Å²) in [4.78, 5) is 25.1. The Morgan fingerprint density at radius 1 is 1.18 bits per heavy atom. The van der Waals surface area contributed by atoms with Crippen molar-refractivity contribution in [3.8, 4) is 5.75 Å². The minimum Gasteiger partial charge on any atom is -0.495 e. The summed E-state index contributed by atoms with van der Waals surface area (Å²) in [5.41, 5.74) is 0.395. The van der Waals surface area contributed by atoms with Gasteiger partial charge in [0.25, 0.3) is 0 Å². The van der Waals surface area contributed by atoms with Crippen LogP contribution in [-0.2, 0) is 14.8 Å². The van der Waals surface area contributed by atoms with Crippen molar-refractivity contribution in [1.29, 1.82) is 0 Å². The molecule has 2 fully saturated rings. The van der Waals surface area contributed by atoms with E-state index in [0.29, 0.717) is 37.6 Å². The molecule has 0 saturated carbocycles. The predicted molar refractivity (Wildman–Crippen MR) is 104 cm³/mol. The summed E-state index contributed by atoms with van der Waals surface area (Å²) in [6, 6.07) is 4.15. The van der Waals surface area contributed by atoms with E-state index in [-0.39, 0.29) is 11.4 Å². The van der Waals surface area contributed by atoms with E-state index in [9.17, 15) is 18.0 Å². The highest BCUT2D eigenvalue weighted by atomic mass is 32.2. The van der Waals surface area contributed by atoms with Crippen molar-refractivity contribution in [3.05, 3.63) is 18.2 Å². The molecule has 28 heavy (non-hydrogen) atoms. The van der Waals surface area contributed by atoms with Gasteiger partial charge in [0, 0.05) is 26.2 Å². The van der Waals surface area contributed by atoms with Crippen LogP contribution >= 0.6 is 0 Å². The molecule has 0 radical (unpaired) electrons. The number of anilines is 1. The number of hydrogen-bond acceptors (Lipinski definition) is 6. The molecule has 2 saturated heterocycles. The number of amides is 3. The SMILES string of the molecule is COc1ccc(S(=O)(=O)N2CCCCCC2)cc1NCC(=O)N1CCNC1=O. The fourth-order valence-electron chi connectivity index (χ4n) is 3.39. The molecule has 2 aliphatic rings. The molecule has 1 aromatic rings. The van der Waals surface area contributed by atoms with Crippen LogP contribution in [0.3, 0.4) is 0 Å². The van der Waals surface area contributed by atoms with E-state index < -0.39 is 22.0 Å². The third-order valence-electron chi connectivity index (χ3n) is 4.96. The quantitative estimate of drug-likeness (QED) is 0.730. The Labute approximate surface area is 165 Å². The summed E-state index contributed by atoms with van der Waals surface area (Å²) in [6.45, 7) is 1.63. The van der Waals surface area contributed by atoms with Gasteiger partial charge in [-0.15, -0.1) is 0 Å². The maximum atomic E-state index is 13.0. The Kier molecular flexibility index (Phi) is 6.40. The molecule has 0 spiro atoms. The molecule has 0 bridgehead atoms. The third-order valence-corrected chi connectivity index (χ3v) is 6.86. The molecular weight excluding hydrogens is 384 g/mol. The first-order valence-corrected chi connectivity index (χ1v) is 10.9. The van der Waals surface area contributed by atoms with Crippen LogP contribution in [0, 0.1) is 0 Å². The van der Waals surface area contributed by atoms with E-state index in [4.69, 9.17) is 4.74 Å². The molecule has 3 rings (SSSR count). The lowest BCUT2D eigenvalue weighted by Crippen LogP contribution is -2.38. The van der Waals surface area contributed by atoms with Crippen LogP contribution in [0.2, 0.25) is 0 Å². The topological polar surface area (TPSA) is 108 Å². The molecule has 3 amide bonds. The zero-order valence-corrected chi connectivity index (χ0v) is 16.8. The molecule has 154 valence electrons. The Bertz CT molecular complexity index is 834. The molecule has 9 nitrogen and oxygen atoms in total. The minimum atomic E-state index is -3.62. The largest absolute Gasteiger partial charge is 0.495 e. The van der Waals surface area contributed by atoms with Crippen LogP contribution in [0.25, 0.3) is 0 Å². The maximum absolute atomic E-state index is 13.0. The lowest BCUT2D eigenvalue weighted by atomic mass is 10.2. The van der Waals surface area contributed by atoms with Crippen LogP contribution in [0.5, 0.6) is 5.75 Å². The molecule has 2 heterocycles. The van der Waals surface area contributed by atoms with Crippen LogP contribution in [-0.4, -0.2) is 69.4 Å². The Morgan fingerprint density at radius 3 is 2.50 bits per heavy atom. The number of rotatable bonds is 6. The van der Waals surface area contributed by atoms with Crippen LogP contribution in [0.1, 0.15) is 25.7 Å². The summed E-state index contributed by atoms with van der Waals surface area (Å²) in [5.74, 6) is 0.0336. The van der Waals surface area contributed by atoms with Gasteiger partial charge in [-0.2, -0.15) is 4.31 Å². The minimum absolute atomic E-state index is 0.142. The fourth-order valence-corrected chi connectivity index (χ4v) is 4.94. The van der Waals surface area contributed by atoms with Gasteiger partial charge in [-0.25, -0.2) is 13.2 Å². The van der Waals surface area contributed by atoms with Crippen molar-refractivity contribution >= 4 is 27.6 Å². The number of methoxy groups -OCH3 is 1. The number of nitrogens with zero attached hydrogens (tertiary/aromatic N) is 2. The van der Waals surface area contributed by atoms with Gasteiger partial charge in [0.15, 0.2) is 0 Å². The van der Waals surface area contributed by atoms with Gasteiger partial charge in [0.2, 0.25) is 15.9 Å². The van der Waals surface area contributed by atoms with Crippen LogP contribution in [0.4, 0.5) is 10.5 Å². The number of imide groups is 1. The number of urea groups is 1. The van der Waals surface area contributed by atoms with Crippen molar-refractivity contribution in [3.63, 3.8) is 0 Å². The second-order valence-electron chi connectivity index (χ2n) is 6.81. The average Bonchev–Trinajstić information content (AvgIpc) is 2.94. The summed E-state index contributed by atoms with van der Waals surface area (Å²) in [5, 5.41) is 5.48. The number of ether oxygens (including phenoxy) is 1. The number of sulfonamides is 1. The van der Waals surface area contributed by atoms with Crippen molar-refractivity contribution in [2.24, 2.45) is 0 Å². The molecule has 2 aliphatic heterocycles. The van der Waals surface area contributed by atoms with E-state index in [1.807, 2.05) is 0 Å². The summed E-state index contributed by atoms with van der Waals surface area (Å²) < 4.78 is 32.8. The van der Waals surface area contributed by atoms with Crippen molar-refractivity contribution < 1.29 is 22.7 Å². The monoisotopic (exact) mass is 410 g/mol. The van der Waals surface area contributed by atoms with Gasteiger partial charge in [0.05, 0.1) is 24.2 Å². The number of hydrogen-bond donors (Lipinski definition) is 2. The molecule has 10 heteroatoms. The Balaban J connectivity index is 1.77. The van der Waals surface area contributed by atoms with E-state index in [1.165, 1.54) is 23.5 Å². The highest BCUT2D eigenvalue weighted by molar-refractivity contribution is 7.89. The lowest BCUT2D eigenvalue weighted by molar-refractivity contribution is -0.125. The lowest BCUT2D eigenvalue weighted by Gasteiger charge is -2.21. The smallest absolute Gasteiger partial charge is 0.324 e. The maximum Gasteiger partial charge on any atom is 0.324 e. The van der Waals surface area contributed by atoms with Gasteiger partial charge < -0.3 is 15.4 Å². The first-order valence-electron chi connectivity index (χ1n) is 9.44. The van der Waals surface area contributed by atoms with Crippen molar-refractivity contribution in [2.75, 3.05) is 45.2 Å². The van der Waals surface area contributed by atoms with Gasteiger partial charge in [0.1, 0.15) is 5.75 Å². The summed E-state index contributed by atoms with van der Waals surface area (Å²) in [7, 11) is -2.15. The zero-order valence-electron chi connectivity index (χ0n) is 15.9. The van der Waals surface area contributed by atoms with Gasteiger partial charge in [-0.3, -0.25) is 9.69 Å². The molecule has 0 unspecified atom stereocenters. The molecule has 2 N–H and O–H groups in total. The Morgan fingerprint density at radius 2 is 1.89 bits per heavy atom. The van der Waals surface area contributed by atoms with E-state index in [0.717, 1.165) is 30.6 Å². The van der Waals surface area contributed by atoms with Crippen LogP contribution in [0.15, 0.2) is 23.1 Å². The molecule has 1 aromatic carbocycles. The highest BCUT2D eigenvalue weighted by Gasteiger charge is 2.28. The molecule has 0 atom stereocenters. The van der Waals surface area contributed by atoms with Gasteiger partial charge >= 0.3 is 6.03 Å². The summed E-state index contributed by atoms with van der Waals surface area (Å²) in [6.07, 6.45) is 3.78. The van der Waals surface area contributed by atoms with Crippen LogP contribution < -0.4 is 15.4 Å². The van der Waals surface area contributed by atoms with E-state index >= 15 is 0 Å². The second-order valence-corrected chi connectivity index (χ2v) is 8.75. The zero-order chi connectivity index (χ0) is 20.1. The Hall–Kier alpha value is -2.33. The number of carbonyl (C=O) groups excluding carboxylic acids is 2. The standard InChI is InChI=1S/C18H26N4O5S/c1-27-16-7-6-14(28(25,26)21-9-4-2-3-5-10-21)12-15(16)20-13-17(23)22-11-8-19-18(22)24/h6-7,12,20H,2-5,8-11,13H2,1H3,(H,19,24). The van der Waals surface area contributed by atoms with Crippen molar-refractivity contribution in [2.45, 2.75) is 30.6 Å². The van der Waals surface area contributed by atoms with E-state index in [1.54, 1.807) is 6.07 Å². The molecular formula is C18H26N4O5S. The van der Waals surface area contributed by atoms with Gasteiger partial charge in [-0.1, -0.05) is 12.8 Å². The predicted octanol–water partition coefficient (Wildman–Crippen LogP) is 1.22. The molecule has 0 aliphatic carbocycles. The van der Waals surface area contributed by atoms with Gasteiger partial charge in [-0.05, 0) is 31.0 Å². The third kappa shape index (κ3) is 4.39. The summed E-state index contributed by atoms with van der Waals surface area (Å²) >= 11 is 0. The normalized spacial score (nSPS) is 18.5. The van der Waals surface area contributed by atoms with E-state index in [2.05, 4.69) is 10.6 Å².